The van der Waals surface area contributed by atoms with Crippen LogP contribution in [0.1, 0.15) is 25.0 Å². The van der Waals surface area contributed by atoms with Gasteiger partial charge in [0, 0.05) is 19.2 Å². The topological polar surface area (TPSA) is 67.9 Å². The second-order valence-electron chi connectivity index (χ2n) is 7.39. The molecular formula is C22H26N2O4. The first-order chi connectivity index (χ1) is 13.4. The molecule has 1 N–H and O–H groups in total. The van der Waals surface area contributed by atoms with Gasteiger partial charge in [-0.15, -0.1) is 0 Å². The van der Waals surface area contributed by atoms with Gasteiger partial charge in [-0.25, -0.2) is 0 Å². The van der Waals surface area contributed by atoms with Crippen LogP contribution in [0.5, 0.6) is 11.5 Å². The number of carbonyl (C=O) groups is 2. The minimum atomic E-state index is -1.21. The van der Waals surface area contributed by atoms with Gasteiger partial charge in [-0.3, -0.25) is 9.59 Å². The molecule has 0 saturated heterocycles. The van der Waals surface area contributed by atoms with Crippen molar-refractivity contribution in [1.82, 2.24) is 4.90 Å². The molecule has 0 bridgehead atoms. The summed E-state index contributed by atoms with van der Waals surface area (Å²) in [5.74, 6) is 0.534. The number of anilines is 1. The zero-order valence-corrected chi connectivity index (χ0v) is 16.7. The van der Waals surface area contributed by atoms with Crippen LogP contribution in [-0.2, 0) is 22.6 Å². The van der Waals surface area contributed by atoms with Crippen molar-refractivity contribution in [3.63, 3.8) is 0 Å². The van der Waals surface area contributed by atoms with Gasteiger partial charge in [0.05, 0.1) is 19.9 Å². The Labute approximate surface area is 165 Å². The fraction of sp³-hybridized carbons (Fsp3) is 0.364. The van der Waals surface area contributed by atoms with E-state index in [4.69, 9.17) is 9.47 Å². The van der Waals surface area contributed by atoms with Gasteiger partial charge in [0.2, 0.25) is 11.8 Å². The quantitative estimate of drug-likeness (QED) is 0.806. The molecular weight excluding hydrogens is 356 g/mol. The Kier molecular flexibility index (Phi) is 5.58. The molecule has 3 rings (SSSR count). The van der Waals surface area contributed by atoms with Crippen LogP contribution in [0.3, 0.4) is 0 Å². The largest absolute Gasteiger partial charge is 0.497 e. The van der Waals surface area contributed by atoms with E-state index >= 15 is 0 Å². The lowest BCUT2D eigenvalue weighted by molar-refractivity contribution is -0.147. The molecule has 0 aliphatic carbocycles. The molecule has 6 heteroatoms. The average Bonchev–Trinajstić information content (AvgIpc) is 2.72. The minimum absolute atomic E-state index is 0.188. The van der Waals surface area contributed by atoms with Crippen LogP contribution in [0, 0.1) is 5.41 Å². The summed E-state index contributed by atoms with van der Waals surface area (Å²) >= 11 is 0. The van der Waals surface area contributed by atoms with Crippen molar-refractivity contribution in [3.05, 3.63) is 53.6 Å². The molecule has 0 spiro atoms. The molecule has 1 aliphatic rings. The first kappa shape index (κ1) is 19.7. The zero-order valence-electron chi connectivity index (χ0n) is 16.7. The van der Waals surface area contributed by atoms with Crippen LogP contribution in [0.25, 0.3) is 0 Å². The fourth-order valence-corrected chi connectivity index (χ4v) is 3.34. The lowest BCUT2D eigenvalue weighted by Gasteiger charge is -2.34. The molecule has 0 atom stereocenters. The van der Waals surface area contributed by atoms with Gasteiger partial charge < -0.3 is 19.7 Å². The Morgan fingerprint density at radius 2 is 1.75 bits per heavy atom. The Morgan fingerprint density at radius 3 is 2.43 bits per heavy atom. The monoisotopic (exact) mass is 382 g/mol. The van der Waals surface area contributed by atoms with Gasteiger partial charge in [0.1, 0.15) is 16.9 Å². The molecule has 0 saturated carbocycles. The molecule has 1 aliphatic heterocycles. The number of methoxy groups -OCH3 is 2. The number of amides is 2. The van der Waals surface area contributed by atoms with Gasteiger partial charge in [-0.05, 0) is 43.5 Å². The summed E-state index contributed by atoms with van der Waals surface area (Å²) in [5.41, 5.74) is 1.68. The SMILES string of the molecule is COc1ccc(NC(=O)C(C)(C)C(=O)N2CCc3ccccc3C2)c(OC)c1. The normalized spacial score (nSPS) is 13.5. The summed E-state index contributed by atoms with van der Waals surface area (Å²) in [7, 11) is 3.08. The molecule has 2 aromatic rings. The Morgan fingerprint density at radius 1 is 1.04 bits per heavy atom. The molecule has 2 amide bonds. The van der Waals surface area contributed by atoms with Gasteiger partial charge in [0.25, 0.3) is 0 Å². The standard InChI is InChI=1S/C22H26N2O4/c1-22(2,20(25)23-18-10-9-17(27-3)13-19(18)28-4)21(26)24-12-11-15-7-5-6-8-16(15)14-24/h5-10,13H,11-12,14H2,1-4H3,(H,23,25). The summed E-state index contributed by atoms with van der Waals surface area (Å²) in [6.07, 6.45) is 0.798. The van der Waals surface area contributed by atoms with Crippen molar-refractivity contribution in [2.45, 2.75) is 26.8 Å². The van der Waals surface area contributed by atoms with Crippen LogP contribution in [0.15, 0.2) is 42.5 Å². The second-order valence-corrected chi connectivity index (χ2v) is 7.39. The van der Waals surface area contributed by atoms with E-state index in [1.54, 1.807) is 44.1 Å². The summed E-state index contributed by atoms with van der Waals surface area (Å²) in [6, 6.07) is 13.2. The molecule has 148 valence electrons. The summed E-state index contributed by atoms with van der Waals surface area (Å²) in [6.45, 7) is 4.44. The highest BCUT2D eigenvalue weighted by molar-refractivity contribution is 6.10. The first-order valence-electron chi connectivity index (χ1n) is 9.26. The maximum absolute atomic E-state index is 13.1. The number of rotatable bonds is 5. The number of ether oxygens (including phenoxy) is 2. The van der Waals surface area contributed by atoms with Crippen molar-refractivity contribution >= 4 is 17.5 Å². The van der Waals surface area contributed by atoms with Crippen molar-refractivity contribution in [2.75, 3.05) is 26.1 Å². The highest BCUT2D eigenvalue weighted by Gasteiger charge is 2.40. The molecule has 0 fully saturated rings. The second kappa shape index (κ2) is 7.92. The number of benzene rings is 2. The van der Waals surface area contributed by atoms with Crippen LogP contribution >= 0.6 is 0 Å². The van der Waals surface area contributed by atoms with E-state index in [1.165, 1.54) is 12.7 Å². The molecule has 0 radical (unpaired) electrons. The predicted molar refractivity (Wildman–Crippen MR) is 108 cm³/mol. The van der Waals surface area contributed by atoms with E-state index in [9.17, 15) is 9.59 Å². The van der Waals surface area contributed by atoms with Crippen LogP contribution in [0.4, 0.5) is 5.69 Å². The molecule has 6 nitrogen and oxygen atoms in total. The lowest BCUT2D eigenvalue weighted by Crippen LogP contribution is -2.48. The number of hydrogen-bond donors (Lipinski definition) is 1. The zero-order chi connectivity index (χ0) is 20.3. The molecule has 1 heterocycles. The van der Waals surface area contributed by atoms with Crippen molar-refractivity contribution in [2.24, 2.45) is 5.41 Å². The lowest BCUT2D eigenvalue weighted by atomic mass is 9.88. The highest BCUT2D eigenvalue weighted by Crippen LogP contribution is 2.32. The Balaban J connectivity index is 1.75. The minimum Gasteiger partial charge on any atom is -0.497 e. The van der Waals surface area contributed by atoms with Gasteiger partial charge in [0.15, 0.2) is 0 Å². The molecule has 0 unspecified atom stereocenters. The third kappa shape index (κ3) is 3.81. The number of carbonyl (C=O) groups excluding carboxylic acids is 2. The fourth-order valence-electron chi connectivity index (χ4n) is 3.34. The van der Waals surface area contributed by atoms with E-state index < -0.39 is 5.41 Å². The average molecular weight is 382 g/mol. The summed E-state index contributed by atoms with van der Waals surface area (Å²) < 4.78 is 10.5. The van der Waals surface area contributed by atoms with E-state index in [2.05, 4.69) is 11.4 Å². The Hall–Kier alpha value is -3.02. The van der Waals surface area contributed by atoms with Gasteiger partial charge in [-0.2, -0.15) is 0 Å². The van der Waals surface area contributed by atoms with E-state index in [-0.39, 0.29) is 11.8 Å². The van der Waals surface area contributed by atoms with Crippen molar-refractivity contribution < 1.29 is 19.1 Å². The van der Waals surface area contributed by atoms with Crippen LogP contribution in [-0.4, -0.2) is 37.5 Å². The van der Waals surface area contributed by atoms with Crippen molar-refractivity contribution in [1.29, 1.82) is 0 Å². The van der Waals surface area contributed by atoms with Gasteiger partial charge in [-0.1, -0.05) is 24.3 Å². The van der Waals surface area contributed by atoms with Crippen LogP contribution < -0.4 is 14.8 Å². The van der Waals surface area contributed by atoms with Crippen molar-refractivity contribution in [3.8, 4) is 11.5 Å². The van der Waals surface area contributed by atoms with E-state index in [1.807, 2.05) is 18.2 Å². The maximum Gasteiger partial charge on any atom is 0.239 e. The highest BCUT2D eigenvalue weighted by atomic mass is 16.5. The van der Waals surface area contributed by atoms with Gasteiger partial charge >= 0.3 is 0 Å². The van der Waals surface area contributed by atoms with E-state index in [0.717, 1.165) is 12.0 Å². The number of fused-ring (bicyclic) bond motifs is 1. The maximum atomic E-state index is 13.1. The number of nitrogens with one attached hydrogen (secondary N) is 1. The Bertz CT molecular complexity index is 892. The van der Waals surface area contributed by atoms with Crippen LogP contribution in [0.2, 0.25) is 0 Å². The predicted octanol–water partition coefficient (Wildman–Crippen LogP) is 3.25. The molecule has 2 aromatic carbocycles. The van der Waals surface area contributed by atoms with E-state index in [0.29, 0.717) is 30.3 Å². The third-order valence-corrected chi connectivity index (χ3v) is 5.18. The molecule has 28 heavy (non-hydrogen) atoms. The smallest absolute Gasteiger partial charge is 0.239 e. The molecule has 0 aromatic heterocycles. The summed E-state index contributed by atoms with van der Waals surface area (Å²) in [5, 5.41) is 2.83. The third-order valence-electron chi connectivity index (χ3n) is 5.18. The summed E-state index contributed by atoms with van der Waals surface area (Å²) in [4.78, 5) is 27.8. The first-order valence-corrected chi connectivity index (χ1v) is 9.26. The number of hydrogen-bond acceptors (Lipinski definition) is 4. The number of nitrogens with zero attached hydrogens (tertiary/aromatic N) is 1.